The predicted octanol–water partition coefficient (Wildman–Crippen LogP) is 5.31. The summed E-state index contributed by atoms with van der Waals surface area (Å²) in [5.74, 6) is 0. The van der Waals surface area contributed by atoms with Gasteiger partial charge in [-0.2, -0.15) is 0 Å². The third-order valence-electron chi connectivity index (χ3n) is 3.27. The monoisotopic (exact) mass is 308 g/mol. The van der Waals surface area contributed by atoms with Gasteiger partial charge in [0.1, 0.15) is 6.10 Å². The minimum Gasteiger partial charge on any atom is -0.383 e. The average Bonchev–Trinajstić information content (AvgIpc) is 2.93. The van der Waals surface area contributed by atoms with Crippen molar-refractivity contribution in [3.8, 4) is 0 Å². The smallest absolute Gasteiger partial charge is 0.114 e. The number of hydrogen-bond acceptors (Lipinski definition) is 3. The van der Waals surface area contributed by atoms with Crippen LogP contribution in [-0.4, -0.2) is 5.11 Å². The largest absolute Gasteiger partial charge is 0.383 e. The summed E-state index contributed by atoms with van der Waals surface area (Å²) in [5, 5.41) is 13.4. The van der Waals surface area contributed by atoms with Crippen molar-refractivity contribution < 1.29 is 5.11 Å². The Hall–Kier alpha value is -0.870. The highest BCUT2D eigenvalue weighted by molar-refractivity contribution is 7.26. The van der Waals surface area contributed by atoms with E-state index in [0.717, 1.165) is 26.6 Å². The number of hydrogen-bond donors (Lipinski definition) is 1. The van der Waals surface area contributed by atoms with E-state index in [9.17, 15) is 5.11 Å². The molecule has 0 aliphatic heterocycles. The second-order valence-corrected chi connectivity index (χ2v) is 7.13. The predicted molar refractivity (Wildman–Crippen MR) is 84.7 cm³/mol. The Bertz CT molecular complexity index is 713. The molecule has 1 unspecified atom stereocenters. The first-order valence-electron chi connectivity index (χ1n) is 5.98. The molecule has 0 saturated heterocycles. The summed E-state index contributed by atoms with van der Waals surface area (Å²) in [6.07, 6.45) is -0.569. The van der Waals surface area contributed by atoms with Gasteiger partial charge in [-0.05, 0) is 54.1 Å². The van der Waals surface area contributed by atoms with E-state index in [1.54, 1.807) is 22.7 Å². The fourth-order valence-electron chi connectivity index (χ4n) is 2.17. The highest BCUT2D eigenvalue weighted by Gasteiger charge is 2.17. The maximum atomic E-state index is 10.6. The molecule has 0 bridgehead atoms. The van der Waals surface area contributed by atoms with Crippen LogP contribution in [0.1, 0.15) is 27.7 Å². The lowest BCUT2D eigenvalue weighted by molar-refractivity contribution is 0.223. The Morgan fingerprint density at radius 1 is 1.11 bits per heavy atom. The average molecular weight is 309 g/mol. The van der Waals surface area contributed by atoms with Gasteiger partial charge in [-0.3, -0.25) is 0 Å². The topological polar surface area (TPSA) is 20.2 Å². The van der Waals surface area contributed by atoms with Crippen LogP contribution in [0, 0.1) is 13.8 Å². The molecular formula is C15H13ClOS2. The maximum absolute atomic E-state index is 10.6. The van der Waals surface area contributed by atoms with Gasteiger partial charge in [0.2, 0.25) is 0 Å². The molecule has 2 heterocycles. The highest BCUT2D eigenvalue weighted by atomic mass is 35.5. The molecule has 0 aliphatic carbocycles. The molecule has 1 atom stereocenters. The number of aryl methyl sites for hydroxylation is 2. The molecule has 4 heteroatoms. The fraction of sp³-hybridized carbons (Fsp3) is 0.200. The van der Waals surface area contributed by atoms with Crippen molar-refractivity contribution in [2.75, 3.05) is 0 Å². The van der Waals surface area contributed by atoms with Gasteiger partial charge in [0.05, 0.1) is 0 Å². The molecule has 2 aromatic heterocycles. The van der Waals surface area contributed by atoms with E-state index in [1.807, 2.05) is 26.0 Å². The van der Waals surface area contributed by atoms with Crippen LogP contribution in [0.2, 0.25) is 5.02 Å². The summed E-state index contributed by atoms with van der Waals surface area (Å²) < 4.78 is 2.48. The summed E-state index contributed by atoms with van der Waals surface area (Å²) in [6.45, 7) is 3.95. The van der Waals surface area contributed by atoms with E-state index < -0.39 is 6.10 Å². The molecule has 1 aromatic carbocycles. The molecule has 0 amide bonds. The van der Waals surface area contributed by atoms with Crippen LogP contribution in [0.3, 0.4) is 0 Å². The summed E-state index contributed by atoms with van der Waals surface area (Å²) in [5.41, 5.74) is 2.97. The fourth-order valence-corrected chi connectivity index (χ4v) is 4.51. The molecule has 3 rings (SSSR count). The van der Waals surface area contributed by atoms with Crippen LogP contribution in [-0.2, 0) is 0 Å². The molecule has 0 aliphatic rings. The Morgan fingerprint density at radius 2 is 1.89 bits per heavy atom. The summed E-state index contributed by atoms with van der Waals surface area (Å²) in [6, 6.07) is 8.08. The first kappa shape index (κ1) is 13.1. The number of rotatable bonds is 2. The van der Waals surface area contributed by atoms with Crippen LogP contribution in [0.4, 0.5) is 0 Å². The Labute approximate surface area is 125 Å². The van der Waals surface area contributed by atoms with E-state index in [-0.39, 0.29) is 0 Å². The van der Waals surface area contributed by atoms with Crippen molar-refractivity contribution in [2.45, 2.75) is 20.0 Å². The van der Waals surface area contributed by atoms with Gasteiger partial charge in [-0.15, -0.1) is 22.7 Å². The molecule has 98 valence electrons. The van der Waals surface area contributed by atoms with Crippen LogP contribution in [0.25, 0.3) is 9.40 Å². The Balaban J connectivity index is 2.06. The van der Waals surface area contributed by atoms with Crippen LogP contribution < -0.4 is 0 Å². The van der Waals surface area contributed by atoms with E-state index in [2.05, 4.69) is 17.5 Å². The molecule has 0 spiro atoms. The third kappa shape index (κ3) is 2.32. The molecule has 0 saturated carbocycles. The minimum absolute atomic E-state index is 0.569. The standard InChI is InChI=1S/C15H13ClOS2/c1-8-6-11(16)9(2)5-10(8)15(17)14-7-13-12(19-14)3-4-18-13/h3-7,15,17H,1-2H3. The SMILES string of the molecule is Cc1cc(C(O)c2cc3sccc3s2)c(C)cc1Cl. The third-order valence-corrected chi connectivity index (χ3v) is 5.82. The Kier molecular flexibility index (Phi) is 3.39. The zero-order valence-corrected chi connectivity index (χ0v) is 13.0. The van der Waals surface area contributed by atoms with Crippen LogP contribution in [0.15, 0.2) is 29.6 Å². The number of aliphatic hydroxyl groups excluding tert-OH is 1. The van der Waals surface area contributed by atoms with Gasteiger partial charge in [-0.1, -0.05) is 17.7 Å². The number of thiophene rings is 2. The second kappa shape index (κ2) is 4.91. The normalized spacial score (nSPS) is 13.1. The van der Waals surface area contributed by atoms with E-state index in [1.165, 1.54) is 9.40 Å². The van der Waals surface area contributed by atoms with E-state index in [0.29, 0.717) is 0 Å². The lowest BCUT2D eigenvalue weighted by atomic mass is 10.00. The number of benzene rings is 1. The molecule has 1 N–H and O–H groups in total. The first-order valence-corrected chi connectivity index (χ1v) is 8.05. The number of fused-ring (bicyclic) bond motifs is 1. The van der Waals surface area contributed by atoms with E-state index >= 15 is 0 Å². The van der Waals surface area contributed by atoms with Crippen molar-refractivity contribution in [1.82, 2.24) is 0 Å². The number of halogens is 1. The second-order valence-electron chi connectivity index (χ2n) is 4.66. The van der Waals surface area contributed by atoms with Crippen molar-refractivity contribution >= 4 is 43.7 Å². The molecule has 0 fully saturated rings. The zero-order valence-electron chi connectivity index (χ0n) is 10.6. The molecular weight excluding hydrogens is 296 g/mol. The summed E-state index contributed by atoms with van der Waals surface area (Å²) in [4.78, 5) is 0.992. The lowest BCUT2D eigenvalue weighted by Gasteiger charge is -2.14. The molecule has 0 radical (unpaired) electrons. The molecule has 1 nitrogen and oxygen atoms in total. The van der Waals surface area contributed by atoms with E-state index in [4.69, 9.17) is 11.6 Å². The van der Waals surface area contributed by atoms with Gasteiger partial charge in [-0.25, -0.2) is 0 Å². The quantitative estimate of drug-likeness (QED) is 0.679. The van der Waals surface area contributed by atoms with Gasteiger partial charge >= 0.3 is 0 Å². The van der Waals surface area contributed by atoms with Gasteiger partial charge in [0.25, 0.3) is 0 Å². The first-order chi connectivity index (χ1) is 9.06. The lowest BCUT2D eigenvalue weighted by Crippen LogP contribution is -2.00. The number of aliphatic hydroxyl groups is 1. The molecule has 19 heavy (non-hydrogen) atoms. The zero-order chi connectivity index (χ0) is 13.6. The Morgan fingerprint density at radius 3 is 2.63 bits per heavy atom. The van der Waals surface area contributed by atoms with Crippen molar-refractivity contribution in [1.29, 1.82) is 0 Å². The van der Waals surface area contributed by atoms with Crippen molar-refractivity contribution in [2.24, 2.45) is 0 Å². The van der Waals surface area contributed by atoms with Crippen LogP contribution >= 0.6 is 34.3 Å². The molecule has 3 aromatic rings. The van der Waals surface area contributed by atoms with Crippen molar-refractivity contribution in [3.05, 3.63) is 56.2 Å². The summed E-state index contributed by atoms with van der Waals surface area (Å²) >= 11 is 9.47. The van der Waals surface area contributed by atoms with Crippen molar-refractivity contribution in [3.63, 3.8) is 0 Å². The summed E-state index contributed by atoms with van der Waals surface area (Å²) in [7, 11) is 0. The highest BCUT2D eigenvalue weighted by Crippen LogP contribution is 2.37. The minimum atomic E-state index is -0.569. The van der Waals surface area contributed by atoms with Gasteiger partial charge < -0.3 is 5.11 Å². The maximum Gasteiger partial charge on any atom is 0.114 e. The van der Waals surface area contributed by atoms with Crippen LogP contribution in [0.5, 0.6) is 0 Å². The van der Waals surface area contributed by atoms with Gasteiger partial charge in [0.15, 0.2) is 0 Å². The van der Waals surface area contributed by atoms with Gasteiger partial charge in [0, 0.05) is 19.3 Å².